The lowest BCUT2D eigenvalue weighted by Gasteiger charge is -2.36. The van der Waals surface area contributed by atoms with Gasteiger partial charge in [-0.2, -0.15) is 0 Å². The van der Waals surface area contributed by atoms with Crippen LogP contribution in [0.4, 0.5) is 10.5 Å². The molecule has 3 rings (SSSR count). The first-order valence-corrected chi connectivity index (χ1v) is 8.16. The summed E-state index contributed by atoms with van der Waals surface area (Å²) in [5.41, 5.74) is 0.824. The Labute approximate surface area is 132 Å². The molecule has 2 fully saturated rings. The third-order valence-electron chi connectivity index (χ3n) is 4.72. The van der Waals surface area contributed by atoms with Crippen molar-refractivity contribution in [2.45, 2.75) is 25.8 Å². The van der Waals surface area contributed by atoms with Crippen molar-refractivity contribution in [2.24, 2.45) is 5.92 Å². The van der Waals surface area contributed by atoms with Crippen molar-refractivity contribution in [3.05, 3.63) is 24.3 Å². The maximum Gasteiger partial charge on any atom is 0.322 e. The van der Waals surface area contributed by atoms with Crippen LogP contribution in [0.5, 0.6) is 5.75 Å². The van der Waals surface area contributed by atoms with Crippen LogP contribution in [0.25, 0.3) is 0 Å². The number of hydrogen-bond donors (Lipinski definition) is 1. The molecule has 1 aromatic carbocycles. The van der Waals surface area contributed by atoms with E-state index in [1.165, 1.54) is 0 Å². The summed E-state index contributed by atoms with van der Waals surface area (Å²) in [7, 11) is 2.17. The number of likely N-dealkylation sites (tertiary alicyclic amines) is 2. The average molecular weight is 303 g/mol. The smallest absolute Gasteiger partial charge is 0.322 e. The van der Waals surface area contributed by atoms with E-state index in [2.05, 4.69) is 17.3 Å². The normalized spacial score (nSPS) is 24.9. The lowest BCUT2D eigenvalue weighted by molar-refractivity contribution is 0.142. The zero-order valence-corrected chi connectivity index (χ0v) is 13.4. The number of nitrogens with one attached hydrogen (secondary N) is 1. The van der Waals surface area contributed by atoms with Gasteiger partial charge < -0.3 is 19.9 Å². The monoisotopic (exact) mass is 303 g/mol. The lowest BCUT2D eigenvalue weighted by atomic mass is 9.93. The number of benzene rings is 1. The maximum atomic E-state index is 12.5. The molecule has 0 spiro atoms. The predicted octanol–water partition coefficient (Wildman–Crippen LogP) is 2.64. The summed E-state index contributed by atoms with van der Waals surface area (Å²) in [6.45, 7) is 5.66. The Bertz CT molecular complexity index is 517. The van der Waals surface area contributed by atoms with E-state index in [-0.39, 0.29) is 6.03 Å². The lowest BCUT2D eigenvalue weighted by Crippen LogP contribution is -2.47. The van der Waals surface area contributed by atoms with Crippen LogP contribution in [0, 0.1) is 5.92 Å². The van der Waals surface area contributed by atoms with Crippen LogP contribution in [0.3, 0.4) is 0 Å². The number of urea groups is 1. The zero-order valence-electron chi connectivity index (χ0n) is 13.4. The van der Waals surface area contributed by atoms with Crippen molar-refractivity contribution in [3.63, 3.8) is 0 Å². The summed E-state index contributed by atoms with van der Waals surface area (Å²) >= 11 is 0. The zero-order chi connectivity index (χ0) is 15.5. The Hall–Kier alpha value is -1.75. The molecule has 22 heavy (non-hydrogen) atoms. The van der Waals surface area contributed by atoms with Crippen molar-refractivity contribution >= 4 is 11.7 Å². The van der Waals surface area contributed by atoms with Gasteiger partial charge >= 0.3 is 6.03 Å². The first-order chi connectivity index (χ1) is 10.7. The van der Waals surface area contributed by atoms with Gasteiger partial charge in [0, 0.05) is 24.8 Å². The molecule has 2 atom stereocenters. The van der Waals surface area contributed by atoms with Crippen molar-refractivity contribution in [1.82, 2.24) is 9.80 Å². The van der Waals surface area contributed by atoms with E-state index < -0.39 is 0 Å². The number of anilines is 1. The molecule has 5 nitrogen and oxygen atoms in total. The van der Waals surface area contributed by atoms with Gasteiger partial charge in [-0.05, 0) is 63.5 Å². The van der Waals surface area contributed by atoms with E-state index in [9.17, 15) is 4.79 Å². The van der Waals surface area contributed by atoms with Crippen molar-refractivity contribution in [3.8, 4) is 5.75 Å². The minimum atomic E-state index is 0.0289. The SMILES string of the molecule is CCOc1ccc(NC(=O)N2CCC3CN(C)CCC32)cc1. The number of carbonyl (C=O) groups excluding carboxylic acids is 1. The molecule has 0 bridgehead atoms. The number of ether oxygens (including phenoxy) is 1. The number of rotatable bonds is 3. The highest BCUT2D eigenvalue weighted by molar-refractivity contribution is 5.89. The summed E-state index contributed by atoms with van der Waals surface area (Å²) < 4.78 is 5.42. The molecule has 0 aliphatic carbocycles. The molecule has 1 N–H and O–H groups in total. The molecule has 120 valence electrons. The van der Waals surface area contributed by atoms with E-state index in [1.807, 2.05) is 36.1 Å². The standard InChI is InChI=1S/C17H25N3O2/c1-3-22-15-6-4-14(5-7-15)18-17(21)20-11-8-13-12-19(2)10-9-16(13)20/h4-7,13,16H,3,8-12H2,1-2H3,(H,18,21). The van der Waals surface area contributed by atoms with Crippen LogP contribution in [0.1, 0.15) is 19.8 Å². The highest BCUT2D eigenvalue weighted by Crippen LogP contribution is 2.31. The van der Waals surface area contributed by atoms with Crippen LogP contribution in [-0.2, 0) is 0 Å². The quantitative estimate of drug-likeness (QED) is 0.933. The van der Waals surface area contributed by atoms with E-state index in [0.29, 0.717) is 18.6 Å². The van der Waals surface area contributed by atoms with Crippen LogP contribution in [0.15, 0.2) is 24.3 Å². The topological polar surface area (TPSA) is 44.8 Å². The maximum absolute atomic E-state index is 12.5. The second-order valence-corrected chi connectivity index (χ2v) is 6.25. The number of carbonyl (C=O) groups is 1. The van der Waals surface area contributed by atoms with Crippen molar-refractivity contribution in [1.29, 1.82) is 0 Å². The minimum Gasteiger partial charge on any atom is -0.494 e. The van der Waals surface area contributed by atoms with Crippen molar-refractivity contribution in [2.75, 3.05) is 38.6 Å². The summed E-state index contributed by atoms with van der Waals surface area (Å²) in [6.07, 6.45) is 2.20. The molecule has 0 saturated carbocycles. The molecule has 1 aromatic rings. The van der Waals surface area contributed by atoms with Gasteiger partial charge in [0.05, 0.1) is 6.61 Å². The van der Waals surface area contributed by atoms with Gasteiger partial charge in [0.2, 0.25) is 0 Å². The molecule has 2 heterocycles. The fraction of sp³-hybridized carbons (Fsp3) is 0.588. The van der Waals surface area contributed by atoms with Crippen molar-refractivity contribution < 1.29 is 9.53 Å². The van der Waals surface area contributed by atoms with Gasteiger partial charge in [0.15, 0.2) is 0 Å². The Balaban J connectivity index is 1.60. The van der Waals surface area contributed by atoms with Gasteiger partial charge in [-0.15, -0.1) is 0 Å². The molecule has 0 aromatic heterocycles. The molecule has 2 saturated heterocycles. The third-order valence-corrected chi connectivity index (χ3v) is 4.72. The Morgan fingerprint density at radius 1 is 1.27 bits per heavy atom. The molecule has 2 aliphatic heterocycles. The Morgan fingerprint density at radius 3 is 2.77 bits per heavy atom. The number of hydrogen-bond acceptors (Lipinski definition) is 3. The fourth-order valence-electron chi connectivity index (χ4n) is 3.61. The Morgan fingerprint density at radius 2 is 2.05 bits per heavy atom. The predicted molar refractivity (Wildman–Crippen MR) is 87.3 cm³/mol. The van der Waals surface area contributed by atoms with Gasteiger partial charge in [-0.25, -0.2) is 4.79 Å². The van der Waals surface area contributed by atoms with Gasteiger partial charge in [-0.3, -0.25) is 0 Å². The number of nitrogens with zero attached hydrogens (tertiary/aromatic N) is 2. The summed E-state index contributed by atoms with van der Waals surface area (Å²) in [5, 5.41) is 3.02. The number of amides is 2. The van der Waals surface area contributed by atoms with E-state index in [1.54, 1.807) is 0 Å². The second-order valence-electron chi connectivity index (χ2n) is 6.25. The summed E-state index contributed by atoms with van der Waals surface area (Å²) in [6, 6.07) is 8.00. The molecular formula is C17H25N3O2. The first-order valence-electron chi connectivity index (χ1n) is 8.16. The highest BCUT2D eigenvalue weighted by atomic mass is 16.5. The first kappa shape index (κ1) is 15.2. The largest absolute Gasteiger partial charge is 0.494 e. The van der Waals surface area contributed by atoms with Gasteiger partial charge in [-0.1, -0.05) is 0 Å². The molecule has 2 aliphatic rings. The van der Waals surface area contributed by atoms with Crippen LogP contribution in [0.2, 0.25) is 0 Å². The van der Waals surface area contributed by atoms with Crippen LogP contribution in [-0.4, -0.2) is 55.2 Å². The van der Waals surface area contributed by atoms with Crippen LogP contribution >= 0.6 is 0 Å². The molecule has 0 radical (unpaired) electrons. The van der Waals surface area contributed by atoms with Gasteiger partial charge in [0.1, 0.15) is 5.75 Å². The van der Waals surface area contributed by atoms with Crippen LogP contribution < -0.4 is 10.1 Å². The average Bonchev–Trinajstić information content (AvgIpc) is 2.92. The minimum absolute atomic E-state index is 0.0289. The third kappa shape index (κ3) is 3.19. The molecule has 5 heteroatoms. The van der Waals surface area contributed by atoms with E-state index >= 15 is 0 Å². The second kappa shape index (κ2) is 6.57. The molecular weight excluding hydrogens is 278 g/mol. The number of fused-ring (bicyclic) bond motifs is 1. The fourth-order valence-corrected chi connectivity index (χ4v) is 3.61. The summed E-state index contributed by atoms with van der Waals surface area (Å²) in [5.74, 6) is 1.46. The highest BCUT2D eigenvalue weighted by Gasteiger charge is 2.39. The van der Waals surface area contributed by atoms with E-state index in [0.717, 1.165) is 43.9 Å². The van der Waals surface area contributed by atoms with E-state index in [4.69, 9.17) is 4.74 Å². The van der Waals surface area contributed by atoms with Gasteiger partial charge in [0.25, 0.3) is 0 Å². The summed E-state index contributed by atoms with van der Waals surface area (Å²) in [4.78, 5) is 16.9. The molecule has 2 unspecified atom stereocenters. The number of piperidine rings is 1. The Kier molecular flexibility index (Phi) is 4.52. The molecule has 2 amide bonds.